The summed E-state index contributed by atoms with van der Waals surface area (Å²) in [7, 11) is 1.31. The lowest BCUT2D eigenvalue weighted by molar-refractivity contribution is 0.152. The Kier molecular flexibility index (Phi) is 6.13. The van der Waals surface area contributed by atoms with Gasteiger partial charge in [-0.1, -0.05) is 13.3 Å². The van der Waals surface area contributed by atoms with E-state index in [1.54, 1.807) is 0 Å². The molecule has 0 atom stereocenters. The monoisotopic (exact) mass is 205 g/mol. The molecule has 0 aromatic rings. The molecule has 0 heterocycles. The molecule has 0 aliphatic rings. The first-order valence-corrected chi connectivity index (χ1v) is 4.76. The smallest absolute Gasteiger partial charge is 0.419 e. The van der Waals surface area contributed by atoms with Gasteiger partial charge in [-0.25, -0.2) is 9.10 Å². The van der Waals surface area contributed by atoms with Crippen molar-refractivity contribution < 1.29 is 9.53 Å². The topological polar surface area (TPSA) is 79.4 Å². The Morgan fingerprint density at radius 2 is 2.31 bits per heavy atom. The second-order valence-electron chi connectivity index (χ2n) is 2.38. The number of hydrogen-bond donors (Lipinski definition) is 2. The van der Waals surface area contributed by atoms with Crippen LogP contribution in [0.4, 0.5) is 4.79 Å². The maximum absolute atomic E-state index is 11.1. The zero-order chi connectivity index (χ0) is 10.3. The number of nitrogens with two attached hydrogens (primary N) is 1. The maximum Gasteiger partial charge on any atom is 0.419 e. The molecule has 0 spiro atoms. The molecule has 0 saturated heterocycles. The first kappa shape index (κ1) is 12.1. The van der Waals surface area contributed by atoms with E-state index in [9.17, 15) is 4.79 Å². The molecule has 0 aliphatic carbocycles. The SMILES string of the molecule is CCCCN(SC(=N)N)C(=O)OC. The molecule has 0 radical (unpaired) electrons. The number of unbranched alkanes of at least 4 members (excludes halogenated alkanes) is 1. The average molecular weight is 205 g/mol. The van der Waals surface area contributed by atoms with Gasteiger partial charge in [-0.2, -0.15) is 0 Å². The molecule has 1 amide bonds. The Balaban J connectivity index is 4.02. The van der Waals surface area contributed by atoms with Crippen LogP contribution in [0.3, 0.4) is 0 Å². The molecule has 0 aromatic heterocycles. The number of rotatable bonds is 3. The minimum Gasteiger partial charge on any atom is -0.452 e. The molecule has 3 N–H and O–H groups in total. The second-order valence-corrected chi connectivity index (χ2v) is 3.44. The van der Waals surface area contributed by atoms with E-state index in [1.165, 1.54) is 11.4 Å². The highest BCUT2D eigenvalue weighted by Crippen LogP contribution is 2.11. The zero-order valence-electron chi connectivity index (χ0n) is 7.87. The summed E-state index contributed by atoms with van der Waals surface area (Å²) in [5.41, 5.74) is 5.15. The van der Waals surface area contributed by atoms with Gasteiger partial charge in [0.25, 0.3) is 0 Å². The summed E-state index contributed by atoms with van der Waals surface area (Å²) in [4.78, 5) is 11.1. The normalized spacial score (nSPS) is 9.38. The number of hydrogen-bond acceptors (Lipinski definition) is 4. The predicted octanol–water partition coefficient (Wildman–Crippen LogP) is 1.40. The van der Waals surface area contributed by atoms with Crippen molar-refractivity contribution in [2.45, 2.75) is 19.8 Å². The van der Waals surface area contributed by atoms with Gasteiger partial charge in [0.15, 0.2) is 5.17 Å². The lowest BCUT2D eigenvalue weighted by Crippen LogP contribution is -2.28. The molecule has 0 unspecified atom stereocenters. The Morgan fingerprint density at radius 1 is 1.69 bits per heavy atom. The Labute approximate surface area is 82.2 Å². The number of nitrogens with zero attached hydrogens (tertiary/aromatic N) is 1. The lowest BCUT2D eigenvalue weighted by atomic mass is 10.3. The fourth-order valence-corrected chi connectivity index (χ4v) is 1.30. The van der Waals surface area contributed by atoms with E-state index in [-0.39, 0.29) is 5.17 Å². The van der Waals surface area contributed by atoms with Crippen LogP contribution in [-0.2, 0) is 4.74 Å². The average Bonchev–Trinajstić information content (AvgIpc) is 2.10. The van der Waals surface area contributed by atoms with Crippen molar-refractivity contribution in [3.05, 3.63) is 0 Å². The fourth-order valence-electron chi connectivity index (χ4n) is 0.696. The van der Waals surface area contributed by atoms with E-state index in [2.05, 4.69) is 4.74 Å². The highest BCUT2D eigenvalue weighted by Gasteiger charge is 2.14. The Morgan fingerprint density at radius 3 is 2.69 bits per heavy atom. The van der Waals surface area contributed by atoms with E-state index >= 15 is 0 Å². The van der Waals surface area contributed by atoms with Gasteiger partial charge in [0.05, 0.1) is 7.11 Å². The quantitative estimate of drug-likeness (QED) is 0.414. The third-order valence-corrected chi connectivity index (χ3v) is 2.05. The molecule has 0 aliphatic heterocycles. The van der Waals surface area contributed by atoms with Crippen LogP contribution in [0.1, 0.15) is 19.8 Å². The van der Waals surface area contributed by atoms with Crippen molar-refractivity contribution in [1.82, 2.24) is 4.31 Å². The van der Waals surface area contributed by atoms with Crippen LogP contribution in [0.25, 0.3) is 0 Å². The van der Waals surface area contributed by atoms with Crippen LogP contribution in [0.15, 0.2) is 0 Å². The molecular formula is C7H15N3O2S. The van der Waals surface area contributed by atoms with Crippen molar-refractivity contribution in [3.63, 3.8) is 0 Å². The van der Waals surface area contributed by atoms with Crippen LogP contribution >= 0.6 is 11.9 Å². The van der Waals surface area contributed by atoms with E-state index < -0.39 is 6.09 Å². The molecule has 5 nitrogen and oxygen atoms in total. The maximum atomic E-state index is 11.1. The zero-order valence-corrected chi connectivity index (χ0v) is 8.69. The molecule has 0 rings (SSSR count). The summed E-state index contributed by atoms with van der Waals surface area (Å²) in [6.45, 7) is 2.57. The Bertz CT molecular complexity index is 187. The second kappa shape index (κ2) is 6.59. The molecule has 0 aromatic carbocycles. The van der Waals surface area contributed by atoms with E-state index in [0.29, 0.717) is 6.54 Å². The summed E-state index contributed by atoms with van der Waals surface area (Å²) in [5, 5.41) is 6.91. The van der Waals surface area contributed by atoms with Crippen LogP contribution in [0.5, 0.6) is 0 Å². The van der Waals surface area contributed by atoms with Gasteiger partial charge in [-0.3, -0.25) is 5.41 Å². The van der Waals surface area contributed by atoms with Crippen molar-refractivity contribution in [2.75, 3.05) is 13.7 Å². The summed E-state index contributed by atoms with van der Waals surface area (Å²) in [6.07, 6.45) is 1.38. The number of ether oxygens (including phenoxy) is 1. The Hall–Kier alpha value is -0.910. The van der Waals surface area contributed by atoms with Crippen LogP contribution in [0.2, 0.25) is 0 Å². The van der Waals surface area contributed by atoms with E-state index in [1.807, 2.05) is 6.92 Å². The van der Waals surface area contributed by atoms with Crippen LogP contribution in [0, 0.1) is 5.41 Å². The van der Waals surface area contributed by atoms with Gasteiger partial charge in [-0.05, 0) is 6.42 Å². The highest BCUT2D eigenvalue weighted by atomic mass is 32.2. The van der Waals surface area contributed by atoms with Gasteiger partial charge in [0.1, 0.15) is 0 Å². The third-order valence-electron chi connectivity index (χ3n) is 1.30. The third kappa shape index (κ3) is 5.35. The highest BCUT2D eigenvalue weighted by molar-refractivity contribution is 8.12. The van der Waals surface area contributed by atoms with Crippen LogP contribution < -0.4 is 5.73 Å². The first-order valence-electron chi connectivity index (χ1n) is 3.99. The number of nitrogens with one attached hydrogen (secondary N) is 1. The summed E-state index contributed by atoms with van der Waals surface area (Å²) >= 11 is 0.892. The molecule has 13 heavy (non-hydrogen) atoms. The van der Waals surface area contributed by atoms with Crippen molar-refractivity contribution in [1.29, 1.82) is 5.41 Å². The molecule has 0 bridgehead atoms. The molecule has 6 heteroatoms. The molecule has 0 fully saturated rings. The fraction of sp³-hybridized carbons (Fsp3) is 0.714. The van der Waals surface area contributed by atoms with Gasteiger partial charge in [-0.15, -0.1) is 0 Å². The van der Waals surface area contributed by atoms with Crippen LogP contribution in [-0.4, -0.2) is 29.2 Å². The summed E-state index contributed by atoms with van der Waals surface area (Å²) in [5.74, 6) is 0. The van der Waals surface area contributed by atoms with Gasteiger partial charge in [0, 0.05) is 18.5 Å². The standard InChI is InChI=1S/C7H15N3O2S/c1-3-4-5-10(7(11)12-2)13-6(8)9/h3-5H2,1-2H3,(H3,8,9). The molecular weight excluding hydrogens is 190 g/mol. The molecule has 76 valence electrons. The van der Waals surface area contributed by atoms with E-state index in [4.69, 9.17) is 11.1 Å². The van der Waals surface area contributed by atoms with Gasteiger partial charge in [0.2, 0.25) is 0 Å². The summed E-state index contributed by atoms with van der Waals surface area (Å²) < 4.78 is 5.86. The summed E-state index contributed by atoms with van der Waals surface area (Å²) in [6, 6.07) is 0. The minimum absolute atomic E-state index is 0.110. The number of amides is 1. The van der Waals surface area contributed by atoms with Gasteiger partial charge < -0.3 is 10.5 Å². The number of amidine groups is 1. The molecule has 0 saturated carbocycles. The van der Waals surface area contributed by atoms with Crippen molar-refractivity contribution in [2.24, 2.45) is 5.73 Å². The van der Waals surface area contributed by atoms with Crippen molar-refractivity contribution in [3.8, 4) is 0 Å². The number of carbonyl (C=O) groups excluding carboxylic acids is 1. The first-order chi connectivity index (χ1) is 6.11. The number of carbonyl (C=O) groups is 1. The lowest BCUT2D eigenvalue weighted by Gasteiger charge is -2.17. The van der Waals surface area contributed by atoms with Crippen molar-refractivity contribution >= 4 is 23.2 Å². The predicted molar refractivity (Wildman–Crippen MR) is 53.5 cm³/mol. The minimum atomic E-state index is -0.464. The number of methoxy groups -OCH3 is 1. The van der Waals surface area contributed by atoms with Gasteiger partial charge >= 0.3 is 6.09 Å². The van der Waals surface area contributed by atoms with E-state index in [0.717, 1.165) is 24.8 Å². The largest absolute Gasteiger partial charge is 0.452 e.